The minimum absolute atomic E-state index is 0.126. The Hall–Kier alpha value is -1.46. The van der Waals surface area contributed by atoms with E-state index in [0.29, 0.717) is 22.8 Å². The zero-order valence-electron chi connectivity index (χ0n) is 9.90. The number of methoxy groups -OCH3 is 1. The van der Waals surface area contributed by atoms with Crippen LogP contribution in [0.3, 0.4) is 0 Å². The molecule has 0 saturated heterocycles. The van der Waals surface area contributed by atoms with E-state index in [1.54, 1.807) is 13.2 Å². The van der Waals surface area contributed by atoms with E-state index in [-0.39, 0.29) is 13.4 Å². The number of aliphatic hydroxyl groups excluding tert-OH is 2. The Morgan fingerprint density at radius 3 is 2.71 bits per heavy atom. The van der Waals surface area contributed by atoms with Crippen LogP contribution in [0.1, 0.15) is 24.2 Å². The highest BCUT2D eigenvalue weighted by Crippen LogP contribution is 2.46. The van der Waals surface area contributed by atoms with Crippen molar-refractivity contribution in [3.8, 4) is 17.2 Å². The van der Waals surface area contributed by atoms with Crippen LogP contribution in [0.5, 0.6) is 17.2 Å². The van der Waals surface area contributed by atoms with Gasteiger partial charge in [-0.3, -0.25) is 0 Å². The van der Waals surface area contributed by atoms with Gasteiger partial charge in [-0.25, -0.2) is 0 Å². The third-order valence-electron chi connectivity index (χ3n) is 2.84. The molecule has 1 atom stereocenters. The molecule has 1 aliphatic rings. The minimum Gasteiger partial charge on any atom is -0.496 e. The molecule has 1 aliphatic heterocycles. The van der Waals surface area contributed by atoms with Crippen molar-refractivity contribution in [1.29, 1.82) is 0 Å². The third kappa shape index (κ3) is 1.92. The number of ether oxygens (including phenoxy) is 3. The lowest BCUT2D eigenvalue weighted by atomic mass is 10.0. The Morgan fingerprint density at radius 1 is 1.41 bits per heavy atom. The van der Waals surface area contributed by atoms with Crippen LogP contribution in [0, 0.1) is 0 Å². The van der Waals surface area contributed by atoms with E-state index >= 15 is 0 Å². The molecule has 5 heteroatoms. The summed E-state index contributed by atoms with van der Waals surface area (Å²) in [5, 5.41) is 18.8. The van der Waals surface area contributed by atoms with Crippen molar-refractivity contribution in [2.45, 2.75) is 19.4 Å². The van der Waals surface area contributed by atoms with E-state index < -0.39 is 6.10 Å². The first-order chi connectivity index (χ1) is 8.22. The zero-order valence-corrected chi connectivity index (χ0v) is 9.90. The summed E-state index contributed by atoms with van der Waals surface area (Å²) < 4.78 is 16.0. The van der Waals surface area contributed by atoms with Crippen molar-refractivity contribution < 1.29 is 24.4 Å². The van der Waals surface area contributed by atoms with Crippen molar-refractivity contribution >= 4 is 0 Å². The van der Waals surface area contributed by atoms with Crippen molar-refractivity contribution in [3.63, 3.8) is 0 Å². The molecule has 0 saturated carbocycles. The highest BCUT2D eigenvalue weighted by molar-refractivity contribution is 5.60. The van der Waals surface area contributed by atoms with Gasteiger partial charge in [0.25, 0.3) is 0 Å². The fourth-order valence-electron chi connectivity index (χ4n) is 1.99. The van der Waals surface area contributed by atoms with Gasteiger partial charge in [0.2, 0.25) is 6.79 Å². The average Bonchev–Trinajstić information content (AvgIpc) is 2.84. The van der Waals surface area contributed by atoms with Gasteiger partial charge < -0.3 is 24.4 Å². The Bertz CT molecular complexity index is 416. The summed E-state index contributed by atoms with van der Waals surface area (Å²) in [6, 6.07) is 1.69. The van der Waals surface area contributed by atoms with Gasteiger partial charge in [-0.15, -0.1) is 0 Å². The van der Waals surface area contributed by atoms with Gasteiger partial charge >= 0.3 is 0 Å². The van der Waals surface area contributed by atoms with Crippen molar-refractivity contribution in [2.24, 2.45) is 0 Å². The lowest BCUT2D eigenvalue weighted by molar-refractivity contribution is 0.0918. The molecule has 0 unspecified atom stereocenters. The van der Waals surface area contributed by atoms with E-state index in [2.05, 4.69) is 0 Å². The number of hydrogen-bond acceptors (Lipinski definition) is 5. The van der Waals surface area contributed by atoms with Crippen LogP contribution >= 0.6 is 0 Å². The molecule has 5 nitrogen and oxygen atoms in total. The molecule has 2 N–H and O–H groups in total. The predicted molar refractivity (Wildman–Crippen MR) is 60.5 cm³/mol. The van der Waals surface area contributed by atoms with E-state index in [9.17, 15) is 5.11 Å². The van der Waals surface area contributed by atoms with E-state index in [4.69, 9.17) is 19.3 Å². The lowest BCUT2D eigenvalue weighted by Gasteiger charge is -2.16. The molecule has 2 rings (SSSR count). The Morgan fingerprint density at radius 2 is 2.12 bits per heavy atom. The summed E-state index contributed by atoms with van der Waals surface area (Å²) in [5.41, 5.74) is 1.41. The molecule has 0 amide bonds. The van der Waals surface area contributed by atoms with Crippen molar-refractivity contribution in [1.82, 2.24) is 0 Å². The fourth-order valence-corrected chi connectivity index (χ4v) is 1.99. The average molecular weight is 240 g/mol. The van der Waals surface area contributed by atoms with E-state index in [1.165, 1.54) is 0 Å². The highest BCUT2D eigenvalue weighted by atomic mass is 16.7. The molecule has 17 heavy (non-hydrogen) atoms. The summed E-state index contributed by atoms with van der Waals surface area (Å²) >= 11 is 0. The number of rotatable bonds is 4. The summed E-state index contributed by atoms with van der Waals surface area (Å²) in [5.74, 6) is 1.75. The second-order valence-corrected chi connectivity index (χ2v) is 3.76. The molecule has 0 fully saturated rings. The maximum Gasteiger partial charge on any atom is 0.231 e. The molecule has 0 spiro atoms. The highest BCUT2D eigenvalue weighted by Gasteiger charge is 2.27. The molecule has 0 radical (unpaired) electrons. The second-order valence-electron chi connectivity index (χ2n) is 3.76. The van der Waals surface area contributed by atoms with Crippen LogP contribution in [0.25, 0.3) is 0 Å². The largest absolute Gasteiger partial charge is 0.496 e. The van der Waals surface area contributed by atoms with Gasteiger partial charge in [0.05, 0.1) is 13.7 Å². The Balaban J connectivity index is 2.59. The van der Waals surface area contributed by atoms with Crippen LogP contribution in [0.4, 0.5) is 0 Å². The first kappa shape index (κ1) is 12.0. The normalized spacial score (nSPS) is 14.8. The lowest BCUT2D eigenvalue weighted by Crippen LogP contribution is -2.05. The van der Waals surface area contributed by atoms with Gasteiger partial charge in [0, 0.05) is 11.1 Å². The second kappa shape index (κ2) is 4.81. The molecule has 1 heterocycles. The summed E-state index contributed by atoms with van der Waals surface area (Å²) in [7, 11) is 1.56. The quantitative estimate of drug-likeness (QED) is 0.822. The summed E-state index contributed by atoms with van der Waals surface area (Å²) in [6.07, 6.45) is -0.255. The van der Waals surface area contributed by atoms with Crippen LogP contribution < -0.4 is 14.2 Å². The van der Waals surface area contributed by atoms with Crippen LogP contribution in [0.15, 0.2) is 6.07 Å². The smallest absolute Gasteiger partial charge is 0.231 e. The number of aliphatic hydroxyl groups is 2. The molecule has 1 aromatic carbocycles. The Labute approximate surface area is 99.5 Å². The van der Waals surface area contributed by atoms with Gasteiger partial charge in [-0.2, -0.15) is 0 Å². The summed E-state index contributed by atoms with van der Waals surface area (Å²) in [4.78, 5) is 0. The molecule has 94 valence electrons. The third-order valence-corrected chi connectivity index (χ3v) is 2.84. The fraction of sp³-hybridized carbons (Fsp3) is 0.500. The van der Waals surface area contributed by atoms with Gasteiger partial charge in [0.15, 0.2) is 11.5 Å². The zero-order chi connectivity index (χ0) is 12.4. The van der Waals surface area contributed by atoms with Crippen molar-refractivity contribution in [2.75, 3.05) is 20.5 Å². The molecule has 0 bridgehead atoms. The number of hydrogen-bond donors (Lipinski definition) is 2. The molecular formula is C12H16O5. The topological polar surface area (TPSA) is 68.2 Å². The SMILES string of the molecule is CCc1c(OC)cc([C@H](O)CO)c2c1OCO2. The molecule has 1 aromatic rings. The van der Waals surface area contributed by atoms with Crippen molar-refractivity contribution in [3.05, 3.63) is 17.2 Å². The molecule has 0 aromatic heterocycles. The van der Waals surface area contributed by atoms with E-state index in [0.717, 1.165) is 12.0 Å². The first-order valence-corrected chi connectivity index (χ1v) is 5.51. The Kier molecular flexibility index (Phi) is 3.40. The maximum absolute atomic E-state index is 9.74. The monoisotopic (exact) mass is 240 g/mol. The van der Waals surface area contributed by atoms with Crippen LogP contribution in [-0.2, 0) is 6.42 Å². The molecular weight excluding hydrogens is 224 g/mol. The molecule has 0 aliphatic carbocycles. The van der Waals surface area contributed by atoms with Crippen LogP contribution in [0.2, 0.25) is 0 Å². The van der Waals surface area contributed by atoms with Gasteiger partial charge in [-0.1, -0.05) is 6.92 Å². The number of benzene rings is 1. The standard InChI is InChI=1S/C12H16O5/c1-3-7-10(15-2)4-8(9(14)5-13)12-11(7)16-6-17-12/h4,9,13-14H,3,5-6H2,1-2H3/t9-/m1/s1. The van der Waals surface area contributed by atoms with Gasteiger partial charge in [0.1, 0.15) is 11.9 Å². The van der Waals surface area contributed by atoms with Crippen LogP contribution in [-0.4, -0.2) is 30.7 Å². The van der Waals surface area contributed by atoms with E-state index in [1.807, 2.05) is 6.92 Å². The predicted octanol–water partition coefficient (Wildman–Crippen LogP) is 1.01. The van der Waals surface area contributed by atoms with Gasteiger partial charge in [-0.05, 0) is 12.5 Å². The number of fused-ring (bicyclic) bond motifs is 1. The minimum atomic E-state index is -0.995. The first-order valence-electron chi connectivity index (χ1n) is 5.51. The maximum atomic E-state index is 9.74. The summed E-state index contributed by atoms with van der Waals surface area (Å²) in [6.45, 7) is 1.74.